The number of nitrogens with zero attached hydrogens (tertiary/aromatic N) is 1. The maximum atomic E-state index is 11.6. The molecule has 0 spiro atoms. The van der Waals surface area contributed by atoms with Gasteiger partial charge in [-0.05, 0) is 19.8 Å². The molecule has 1 heterocycles. The lowest BCUT2D eigenvalue weighted by molar-refractivity contribution is 0.0517. The van der Waals surface area contributed by atoms with Crippen molar-refractivity contribution in [3.05, 3.63) is 15.6 Å². The maximum absolute atomic E-state index is 11.6. The summed E-state index contributed by atoms with van der Waals surface area (Å²) in [4.78, 5) is 27.5. The van der Waals surface area contributed by atoms with Crippen LogP contribution in [0.15, 0.2) is 0 Å². The number of thiazole rings is 1. The fourth-order valence-electron chi connectivity index (χ4n) is 1.26. The molecule has 1 rings (SSSR count). The zero-order chi connectivity index (χ0) is 12.1. The number of rotatable bonds is 5. The van der Waals surface area contributed by atoms with Gasteiger partial charge in [0.2, 0.25) is 0 Å². The van der Waals surface area contributed by atoms with Crippen molar-refractivity contribution in [2.75, 3.05) is 6.61 Å². The molecule has 88 valence electrons. The van der Waals surface area contributed by atoms with Gasteiger partial charge in [-0.25, -0.2) is 9.78 Å². The number of Topliss-reactive ketones (excluding diaryl/α,β-unsaturated/α-hetero) is 1. The smallest absolute Gasteiger partial charge is 0.358 e. The fraction of sp³-hybridized carbons (Fsp3) is 0.545. The highest BCUT2D eigenvalue weighted by atomic mass is 32.1. The minimum absolute atomic E-state index is 0.136. The van der Waals surface area contributed by atoms with Crippen LogP contribution < -0.4 is 0 Å². The van der Waals surface area contributed by atoms with Crippen molar-refractivity contribution < 1.29 is 14.3 Å². The van der Waals surface area contributed by atoms with Crippen LogP contribution in [0.1, 0.15) is 52.4 Å². The van der Waals surface area contributed by atoms with Crippen LogP contribution in [0.2, 0.25) is 0 Å². The predicted molar refractivity (Wildman–Crippen MR) is 62.1 cm³/mol. The third-order valence-corrected chi connectivity index (χ3v) is 3.14. The SMILES string of the molecule is CCCc1nc(C(=O)OCC)c(C(C)=O)s1. The average molecular weight is 241 g/mol. The summed E-state index contributed by atoms with van der Waals surface area (Å²) in [6.07, 6.45) is 1.72. The maximum Gasteiger partial charge on any atom is 0.358 e. The number of aryl methyl sites for hydroxylation is 1. The van der Waals surface area contributed by atoms with E-state index < -0.39 is 5.97 Å². The van der Waals surface area contributed by atoms with Crippen LogP contribution >= 0.6 is 11.3 Å². The second-order valence-electron chi connectivity index (χ2n) is 3.31. The summed E-state index contributed by atoms with van der Waals surface area (Å²) in [5, 5.41) is 0.816. The van der Waals surface area contributed by atoms with Gasteiger partial charge in [-0.1, -0.05) is 6.92 Å². The zero-order valence-electron chi connectivity index (χ0n) is 9.70. The van der Waals surface area contributed by atoms with Crippen molar-refractivity contribution in [1.82, 2.24) is 4.98 Å². The highest BCUT2D eigenvalue weighted by Gasteiger charge is 2.21. The zero-order valence-corrected chi connectivity index (χ0v) is 10.5. The van der Waals surface area contributed by atoms with Crippen LogP contribution in [0.4, 0.5) is 0 Å². The average Bonchev–Trinajstić information content (AvgIpc) is 2.63. The van der Waals surface area contributed by atoms with Gasteiger partial charge in [-0.3, -0.25) is 4.79 Å². The molecule has 0 atom stereocenters. The second-order valence-corrected chi connectivity index (χ2v) is 4.40. The first-order valence-electron chi connectivity index (χ1n) is 5.27. The Hall–Kier alpha value is -1.23. The van der Waals surface area contributed by atoms with Crippen LogP contribution in [0, 0.1) is 0 Å². The van der Waals surface area contributed by atoms with Crippen LogP contribution in [0.25, 0.3) is 0 Å². The monoisotopic (exact) mass is 241 g/mol. The summed E-state index contributed by atoms with van der Waals surface area (Å²) >= 11 is 1.28. The van der Waals surface area contributed by atoms with Crippen LogP contribution in [-0.2, 0) is 11.2 Å². The molecule has 0 aliphatic rings. The molecule has 0 unspecified atom stereocenters. The van der Waals surface area contributed by atoms with E-state index in [-0.39, 0.29) is 18.1 Å². The molecule has 0 saturated heterocycles. The number of carbonyl (C=O) groups is 2. The van der Waals surface area contributed by atoms with Gasteiger partial charge in [0, 0.05) is 6.92 Å². The molecule has 1 aromatic heterocycles. The summed E-state index contributed by atoms with van der Waals surface area (Å²) in [7, 11) is 0. The highest BCUT2D eigenvalue weighted by Crippen LogP contribution is 2.21. The molecule has 1 aromatic rings. The Morgan fingerprint density at radius 1 is 1.38 bits per heavy atom. The molecule has 0 saturated carbocycles. The Labute approximate surface area is 98.6 Å². The number of hydrogen-bond donors (Lipinski definition) is 0. The molecule has 4 nitrogen and oxygen atoms in total. The van der Waals surface area contributed by atoms with E-state index in [1.54, 1.807) is 6.92 Å². The Bertz CT molecular complexity index is 398. The van der Waals surface area contributed by atoms with Gasteiger partial charge in [0.25, 0.3) is 0 Å². The van der Waals surface area contributed by atoms with E-state index in [1.165, 1.54) is 18.3 Å². The van der Waals surface area contributed by atoms with E-state index in [9.17, 15) is 9.59 Å². The lowest BCUT2D eigenvalue weighted by atomic mass is 10.3. The first kappa shape index (κ1) is 12.8. The summed E-state index contributed by atoms with van der Waals surface area (Å²) in [5.41, 5.74) is 0.169. The minimum atomic E-state index is -0.508. The van der Waals surface area contributed by atoms with E-state index in [0.717, 1.165) is 17.8 Å². The van der Waals surface area contributed by atoms with E-state index in [4.69, 9.17) is 4.74 Å². The van der Waals surface area contributed by atoms with Gasteiger partial charge in [0.05, 0.1) is 11.6 Å². The van der Waals surface area contributed by atoms with Crippen molar-refractivity contribution in [3.63, 3.8) is 0 Å². The first-order chi connectivity index (χ1) is 7.60. The molecular formula is C11H15NO3S. The Morgan fingerprint density at radius 2 is 2.06 bits per heavy atom. The topological polar surface area (TPSA) is 56.3 Å². The molecule has 0 N–H and O–H groups in total. The Kier molecular flexibility index (Phi) is 4.61. The van der Waals surface area contributed by atoms with Crippen molar-refractivity contribution in [1.29, 1.82) is 0 Å². The Balaban J connectivity index is 3.04. The number of esters is 1. The number of ketones is 1. The van der Waals surface area contributed by atoms with Crippen LogP contribution in [-0.4, -0.2) is 23.3 Å². The van der Waals surface area contributed by atoms with Gasteiger partial charge >= 0.3 is 5.97 Å². The molecule has 0 fully saturated rings. The third-order valence-electron chi connectivity index (χ3n) is 1.92. The van der Waals surface area contributed by atoms with E-state index in [1.807, 2.05) is 6.92 Å². The van der Waals surface area contributed by atoms with Crippen LogP contribution in [0.3, 0.4) is 0 Å². The molecular weight excluding hydrogens is 226 g/mol. The Morgan fingerprint density at radius 3 is 2.56 bits per heavy atom. The largest absolute Gasteiger partial charge is 0.461 e. The summed E-state index contributed by atoms with van der Waals surface area (Å²) in [5.74, 6) is -0.644. The normalized spacial score (nSPS) is 10.2. The molecule has 0 aliphatic heterocycles. The number of carbonyl (C=O) groups excluding carboxylic acids is 2. The summed E-state index contributed by atoms with van der Waals surface area (Å²) < 4.78 is 4.86. The number of hydrogen-bond acceptors (Lipinski definition) is 5. The molecule has 0 aromatic carbocycles. The van der Waals surface area contributed by atoms with Crippen molar-refractivity contribution in [2.45, 2.75) is 33.6 Å². The van der Waals surface area contributed by atoms with Crippen molar-refractivity contribution >= 4 is 23.1 Å². The quantitative estimate of drug-likeness (QED) is 0.587. The van der Waals surface area contributed by atoms with Gasteiger partial charge in [0.1, 0.15) is 4.88 Å². The highest BCUT2D eigenvalue weighted by molar-refractivity contribution is 7.14. The van der Waals surface area contributed by atoms with Crippen LogP contribution in [0.5, 0.6) is 0 Å². The van der Waals surface area contributed by atoms with Crippen molar-refractivity contribution in [3.8, 4) is 0 Å². The van der Waals surface area contributed by atoms with E-state index >= 15 is 0 Å². The number of ether oxygens (including phenoxy) is 1. The summed E-state index contributed by atoms with van der Waals surface area (Å²) in [6.45, 7) is 5.48. The van der Waals surface area contributed by atoms with E-state index in [0.29, 0.717) is 4.88 Å². The van der Waals surface area contributed by atoms with Crippen molar-refractivity contribution in [2.24, 2.45) is 0 Å². The van der Waals surface area contributed by atoms with Gasteiger partial charge < -0.3 is 4.74 Å². The third kappa shape index (κ3) is 2.88. The molecule has 0 aliphatic carbocycles. The van der Waals surface area contributed by atoms with E-state index in [2.05, 4.69) is 4.98 Å². The molecule has 0 bridgehead atoms. The molecule has 0 amide bonds. The molecule has 16 heavy (non-hydrogen) atoms. The summed E-state index contributed by atoms with van der Waals surface area (Å²) in [6, 6.07) is 0. The fourth-order valence-corrected chi connectivity index (χ4v) is 2.31. The lowest BCUT2D eigenvalue weighted by Gasteiger charge is -1.98. The second kappa shape index (κ2) is 5.75. The minimum Gasteiger partial charge on any atom is -0.461 e. The predicted octanol–water partition coefficient (Wildman–Crippen LogP) is 2.47. The standard InChI is InChI=1S/C11H15NO3S/c1-4-6-8-12-9(11(14)15-5-2)10(16-8)7(3)13/h4-6H2,1-3H3. The number of aromatic nitrogens is 1. The molecule has 0 radical (unpaired) electrons. The molecule has 5 heteroatoms. The first-order valence-corrected chi connectivity index (χ1v) is 6.09. The van der Waals surface area contributed by atoms with Gasteiger partial charge in [0.15, 0.2) is 11.5 Å². The van der Waals surface area contributed by atoms with Gasteiger partial charge in [-0.15, -0.1) is 11.3 Å². The lowest BCUT2D eigenvalue weighted by Crippen LogP contribution is -2.09. The van der Waals surface area contributed by atoms with Gasteiger partial charge in [-0.2, -0.15) is 0 Å².